The highest BCUT2D eigenvalue weighted by molar-refractivity contribution is 5.75. The first-order chi connectivity index (χ1) is 8.71. The number of nitrogens with zero attached hydrogens (tertiary/aromatic N) is 1. The summed E-state index contributed by atoms with van der Waals surface area (Å²) < 4.78 is 0. The zero-order valence-electron chi connectivity index (χ0n) is 11.8. The van der Waals surface area contributed by atoms with E-state index < -0.39 is 17.6 Å². The monoisotopic (exact) mass is 272 g/mol. The van der Waals surface area contributed by atoms with E-state index in [2.05, 4.69) is 5.32 Å². The fourth-order valence-electron chi connectivity index (χ4n) is 2.22. The highest BCUT2D eigenvalue weighted by atomic mass is 16.4. The molecular weight excluding hydrogens is 248 g/mol. The van der Waals surface area contributed by atoms with Crippen LogP contribution in [0.5, 0.6) is 0 Å². The number of likely N-dealkylation sites (tertiary alicyclic amines) is 1. The first-order valence-corrected chi connectivity index (χ1v) is 6.68. The third-order valence-corrected chi connectivity index (χ3v) is 3.60. The van der Waals surface area contributed by atoms with E-state index in [0.717, 1.165) is 6.42 Å². The highest BCUT2D eigenvalue weighted by Gasteiger charge is 2.31. The molecule has 19 heavy (non-hydrogen) atoms. The van der Waals surface area contributed by atoms with E-state index >= 15 is 0 Å². The lowest BCUT2D eigenvalue weighted by atomic mass is 9.99. The Morgan fingerprint density at radius 1 is 1.47 bits per heavy atom. The zero-order chi connectivity index (χ0) is 14.6. The summed E-state index contributed by atoms with van der Waals surface area (Å²) in [5.74, 6) is -0.731. The molecular formula is C13H24N2O4. The van der Waals surface area contributed by atoms with Crippen LogP contribution in [0.4, 0.5) is 4.79 Å². The van der Waals surface area contributed by atoms with Crippen molar-refractivity contribution >= 4 is 12.0 Å². The minimum absolute atomic E-state index is 0.0313. The summed E-state index contributed by atoms with van der Waals surface area (Å²) in [6.07, 6.45) is 0.823. The number of aliphatic hydroxyl groups excluding tert-OH is 1. The lowest BCUT2D eigenvalue weighted by molar-refractivity contribution is -0.137. The number of carbonyl (C=O) groups is 2. The van der Waals surface area contributed by atoms with Crippen LogP contribution in [-0.2, 0) is 4.79 Å². The van der Waals surface area contributed by atoms with Crippen molar-refractivity contribution in [3.8, 4) is 0 Å². The molecule has 6 nitrogen and oxygen atoms in total. The fourth-order valence-corrected chi connectivity index (χ4v) is 2.22. The lowest BCUT2D eigenvalue weighted by Gasteiger charge is -2.29. The second kappa shape index (κ2) is 6.23. The molecule has 0 aliphatic carbocycles. The van der Waals surface area contributed by atoms with E-state index in [-0.39, 0.29) is 18.4 Å². The topological polar surface area (TPSA) is 89.9 Å². The van der Waals surface area contributed by atoms with Crippen LogP contribution in [0.2, 0.25) is 0 Å². The molecule has 1 aliphatic heterocycles. The molecule has 0 aromatic carbocycles. The Morgan fingerprint density at radius 3 is 2.58 bits per heavy atom. The van der Waals surface area contributed by atoms with Crippen LogP contribution in [0.25, 0.3) is 0 Å². The Kier molecular flexibility index (Phi) is 5.17. The maximum absolute atomic E-state index is 12.1. The molecule has 110 valence electrons. The Labute approximate surface area is 113 Å². The van der Waals surface area contributed by atoms with Crippen LogP contribution < -0.4 is 5.32 Å². The number of carbonyl (C=O) groups excluding carboxylic acids is 1. The molecule has 2 amide bonds. The predicted octanol–water partition coefficient (Wildman–Crippen LogP) is 1.04. The number of carboxylic acid groups (broad SMARTS) is 1. The summed E-state index contributed by atoms with van der Waals surface area (Å²) in [5.41, 5.74) is -0.543. The van der Waals surface area contributed by atoms with Crippen molar-refractivity contribution < 1.29 is 19.8 Å². The van der Waals surface area contributed by atoms with Gasteiger partial charge in [-0.05, 0) is 33.6 Å². The molecule has 1 heterocycles. The average Bonchev–Trinajstić information content (AvgIpc) is 2.75. The second-order valence-corrected chi connectivity index (χ2v) is 5.94. The first-order valence-electron chi connectivity index (χ1n) is 6.68. The van der Waals surface area contributed by atoms with Crippen LogP contribution in [0.3, 0.4) is 0 Å². The number of nitrogens with one attached hydrogen (secondary N) is 1. The summed E-state index contributed by atoms with van der Waals surface area (Å²) in [4.78, 5) is 24.3. The van der Waals surface area contributed by atoms with Crippen LogP contribution in [0.1, 0.15) is 40.0 Å². The molecule has 2 unspecified atom stereocenters. The largest absolute Gasteiger partial charge is 0.481 e. The molecule has 0 spiro atoms. The third-order valence-electron chi connectivity index (χ3n) is 3.60. The van der Waals surface area contributed by atoms with Gasteiger partial charge in [0.15, 0.2) is 0 Å². The number of amides is 2. The van der Waals surface area contributed by atoms with Crippen molar-refractivity contribution in [3.05, 3.63) is 0 Å². The molecule has 3 N–H and O–H groups in total. The number of aliphatic hydroxyl groups is 1. The molecule has 1 saturated heterocycles. The summed E-state index contributed by atoms with van der Waals surface area (Å²) in [5, 5.41) is 21.0. The van der Waals surface area contributed by atoms with Crippen molar-refractivity contribution in [1.82, 2.24) is 10.2 Å². The highest BCUT2D eigenvalue weighted by Crippen LogP contribution is 2.20. The minimum atomic E-state index is -0.863. The maximum Gasteiger partial charge on any atom is 0.317 e. The number of rotatable bonds is 5. The molecule has 6 heteroatoms. The molecule has 1 fully saturated rings. The molecule has 0 radical (unpaired) electrons. The molecule has 1 aliphatic rings. The van der Waals surface area contributed by atoms with Gasteiger partial charge in [-0.1, -0.05) is 0 Å². The normalized spacial score (nSPS) is 21.3. The average molecular weight is 272 g/mol. The van der Waals surface area contributed by atoms with Crippen molar-refractivity contribution in [3.63, 3.8) is 0 Å². The number of aliphatic carboxylic acids is 1. The van der Waals surface area contributed by atoms with Crippen LogP contribution in [0, 0.1) is 5.92 Å². The third kappa shape index (κ3) is 5.06. The van der Waals surface area contributed by atoms with Gasteiger partial charge in [-0.2, -0.15) is 0 Å². The number of carboxylic acids is 1. The van der Waals surface area contributed by atoms with Gasteiger partial charge in [0.05, 0.1) is 6.10 Å². The Bertz CT molecular complexity index is 342. The number of hydrogen-bond acceptors (Lipinski definition) is 3. The van der Waals surface area contributed by atoms with Gasteiger partial charge in [-0.15, -0.1) is 0 Å². The fraction of sp³-hybridized carbons (Fsp3) is 0.846. The molecule has 0 bridgehead atoms. The maximum atomic E-state index is 12.1. The molecule has 0 aromatic rings. The molecule has 2 atom stereocenters. The minimum Gasteiger partial charge on any atom is -0.481 e. The molecule has 0 aromatic heterocycles. The van der Waals surface area contributed by atoms with Gasteiger partial charge in [0.2, 0.25) is 0 Å². The van der Waals surface area contributed by atoms with Crippen molar-refractivity contribution in [2.45, 2.75) is 51.7 Å². The van der Waals surface area contributed by atoms with E-state index in [9.17, 15) is 14.7 Å². The van der Waals surface area contributed by atoms with E-state index in [0.29, 0.717) is 19.5 Å². The van der Waals surface area contributed by atoms with Gasteiger partial charge in [0, 0.05) is 31.0 Å². The Hall–Kier alpha value is -1.30. The standard InChI is InChI=1S/C13H24N2O4/c1-9(16)10-5-7-15(8-10)12(19)14-13(2,3)6-4-11(17)18/h9-10,16H,4-8H2,1-3H3,(H,14,19)(H,17,18). The van der Waals surface area contributed by atoms with Crippen LogP contribution in [0.15, 0.2) is 0 Å². The summed E-state index contributed by atoms with van der Waals surface area (Å²) in [7, 11) is 0. The summed E-state index contributed by atoms with van der Waals surface area (Å²) >= 11 is 0. The number of hydrogen-bond donors (Lipinski definition) is 3. The van der Waals surface area contributed by atoms with E-state index in [1.165, 1.54) is 0 Å². The van der Waals surface area contributed by atoms with Crippen LogP contribution >= 0.6 is 0 Å². The van der Waals surface area contributed by atoms with Gasteiger partial charge in [-0.3, -0.25) is 4.79 Å². The first kappa shape index (κ1) is 15.8. The van der Waals surface area contributed by atoms with E-state index in [4.69, 9.17) is 5.11 Å². The van der Waals surface area contributed by atoms with E-state index in [1.54, 1.807) is 11.8 Å². The van der Waals surface area contributed by atoms with Gasteiger partial charge in [-0.25, -0.2) is 4.79 Å². The number of urea groups is 1. The smallest absolute Gasteiger partial charge is 0.317 e. The predicted molar refractivity (Wildman–Crippen MR) is 70.8 cm³/mol. The molecule has 0 saturated carbocycles. The van der Waals surface area contributed by atoms with Gasteiger partial charge < -0.3 is 20.4 Å². The molecule has 1 rings (SSSR count). The van der Waals surface area contributed by atoms with Gasteiger partial charge in [0.1, 0.15) is 0 Å². The summed E-state index contributed by atoms with van der Waals surface area (Å²) in [6.45, 7) is 6.56. The quantitative estimate of drug-likeness (QED) is 0.697. The Morgan fingerprint density at radius 2 is 2.11 bits per heavy atom. The van der Waals surface area contributed by atoms with Gasteiger partial charge in [0.25, 0.3) is 0 Å². The Balaban J connectivity index is 2.44. The van der Waals surface area contributed by atoms with Gasteiger partial charge >= 0.3 is 12.0 Å². The van der Waals surface area contributed by atoms with Crippen molar-refractivity contribution in [2.24, 2.45) is 5.92 Å². The summed E-state index contributed by atoms with van der Waals surface area (Å²) in [6, 6.07) is -0.182. The van der Waals surface area contributed by atoms with E-state index in [1.807, 2.05) is 13.8 Å². The zero-order valence-corrected chi connectivity index (χ0v) is 11.8. The van der Waals surface area contributed by atoms with Crippen molar-refractivity contribution in [2.75, 3.05) is 13.1 Å². The lowest BCUT2D eigenvalue weighted by Crippen LogP contribution is -2.49. The van der Waals surface area contributed by atoms with Crippen LogP contribution in [-0.4, -0.2) is 51.8 Å². The van der Waals surface area contributed by atoms with Crippen molar-refractivity contribution in [1.29, 1.82) is 0 Å². The second-order valence-electron chi connectivity index (χ2n) is 5.94. The SMILES string of the molecule is CC(O)C1CCN(C(=O)NC(C)(C)CCC(=O)O)C1.